The molecule has 4 aromatic rings. The van der Waals surface area contributed by atoms with E-state index in [1.165, 1.54) is 11.1 Å². The van der Waals surface area contributed by atoms with Gasteiger partial charge >= 0.3 is 0 Å². The van der Waals surface area contributed by atoms with E-state index in [-0.39, 0.29) is 6.17 Å². The monoisotopic (exact) mass is 436 g/mol. The molecule has 3 heterocycles. The van der Waals surface area contributed by atoms with E-state index in [1.807, 2.05) is 25.1 Å². The summed E-state index contributed by atoms with van der Waals surface area (Å²) < 4.78 is 4.25. The summed E-state index contributed by atoms with van der Waals surface area (Å²) in [4.78, 5) is 0. The molecule has 0 saturated heterocycles. The second-order valence-electron chi connectivity index (χ2n) is 7.89. The second-order valence-corrected chi connectivity index (χ2v) is 8.68. The van der Waals surface area contributed by atoms with Gasteiger partial charge in [0.25, 0.3) is 0 Å². The molecular weight excluding hydrogens is 415 g/mol. The minimum Gasteiger partial charge on any atom is -0.359 e. The molecule has 0 bridgehead atoms. The highest BCUT2D eigenvalue weighted by molar-refractivity contribution is 6.43. The number of hydrogen-bond donors (Lipinski definition) is 1. The van der Waals surface area contributed by atoms with Gasteiger partial charge in [-0.3, -0.25) is 0 Å². The lowest BCUT2D eigenvalue weighted by Gasteiger charge is -2.30. The Hall–Kier alpha value is -2.69. The summed E-state index contributed by atoms with van der Waals surface area (Å²) in [7, 11) is 0. The van der Waals surface area contributed by atoms with Crippen molar-refractivity contribution in [1.29, 1.82) is 0 Å². The Kier molecular flexibility index (Phi) is 4.46. The van der Waals surface area contributed by atoms with Crippen LogP contribution in [0.15, 0.2) is 48.5 Å². The standard InChI is InChI=1S/C24H22Cl2N4/c1-13-7-5-8-17-21-11-14(2)28-30(21)24(27-23(13)17)18-12-15(3)29(16(18)4)20-10-6-9-19(25)22(20)26/h5-12,24,27H,1-4H3. The lowest BCUT2D eigenvalue weighted by molar-refractivity contribution is 0.567. The average Bonchev–Trinajstić information content (AvgIpc) is 3.24. The summed E-state index contributed by atoms with van der Waals surface area (Å²) in [6.07, 6.45) is -0.111. The molecule has 4 nitrogen and oxygen atoms in total. The molecule has 6 heteroatoms. The van der Waals surface area contributed by atoms with Gasteiger partial charge in [-0.2, -0.15) is 5.10 Å². The number of halogens is 2. The topological polar surface area (TPSA) is 34.8 Å². The second kappa shape index (κ2) is 6.93. The zero-order valence-corrected chi connectivity index (χ0v) is 18.8. The molecule has 0 saturated carbocycles. The van der Waals surface area contributed by atoms with Crippen molar-refractivity contribution < 1.29 is 0 Å². The van der Waals surface area contributed by atoms with Gasteiger partial charge in [0.2, 0.25) is 0 Å². The summed E-state index contributed by atoms with van der Waals surface area (Å²) in [5, 5.41) is 9.66. The zero-order chi connectivity index (χ0) is 21.2. The van der Waals surface area contributed by atoms with Gasteiger partial charge in [0, 0.05) is 28.2 Å². The van der Waals surface area contributed by atoms with Gasteiger partial charge in [0.15, 0.2) is 0 Å². The Labute approximate surface area is 186 Å². The first-order chi connectivity index (χ1) is 14.4. The van der Waals surface area contributed by atoms with Crippen molar-refractivity contribution in [2.24, 2.45) is 0 Å². The van der Waals surface area contributed by atoms with Crippen LogP contribution in [-0.4, -0.2) is 14.3 Å². The Bertz CT molecular complexity index is 1300. The molecule has 0 spiro atoms. The molecule has 1 N–H and O–H groups in total. The van der Waals surface area contributed by atoms with Crippen LogP contribution < -0.4 is 5.32 Å². The maximum atomic E-state index is 6.55. The minimum atomic E-state index is -0.111. The number of aryl methyl sites for hydroxylation is 3. The van der Waals surface area contributed by atoms with Crippen molar-refractivity contribution in [3.63, 3.8) is 0 Å². The summed E-state index contributed by atoms with van der Waals surface area (Å²) in [5.74, 6) is 0. The van der Waals surface area contributed by atoms with Gasteiger partial charge in [-0.15, -0.1) is 0 Å². The molecule has 152 valence electrons. The van der Waals surface area contributed by atoms with E-state index in [1.54, 1.807) is 0 Å². The number of nitrogens with one attached hydrogen (secondary N) is 1. The number of aromatic nitrogens is 3. The van der Waals surface area contributed by atoms with Gasteiger partial charge in [0.05, 0.1) is 27.1 Å². The summed E-state index contributed by atoms with van der Waals surface area (Å²) in [6.45, 7) is 8.37. The number of nitrogens with zero attached hydrogens (tertiary/aromatic N) is 3. The molecule has 5 rings (SSSR count). The van der Waals surface area contributed by atoms with Crippen LogP contribution in [0, 0.1) is 27.7 Å². The molecule has 0 amide bonds. The first-order valence-electron chi connectivity index (χ1n) is 9.92. The van der Waals surface area contributed by atoms with Crippen LogP contribution in [0.3, 0.4) is 0 Å². The number of rotatable bonds is 2. The van der Waals surface area contributed by atoms with Crippen LogP contribution in [0.4, 0.5) is 5.69 Å². The SMILES string of the molecule is Cc1cc2n(n1)C(c1cc(C)n(-c3cccc(Cl)c3Cl)c1C)Nc1c(C)cccc1-2. The highest BCUT2D eigenvalue weighted by Gasteiger charge is 2.30. The molecule has 1 unspecified atom stereocenters. The Morgan fingerprint density at radius 3 is 2.53 bits per heavy atom. The van der Waals surface area contributed by atoms with Crippen molar-refractivity contribution in [3.05, 3.63) is 86.8 Å². The summed E-state index contributed by atoms with van der Waals surface area (Å²) >= 11 is 12.8. The normalized spacial score (nSPS) is 14.9. The van der Waals surface area contributed by atoms with Crippen LogP contribution in [0.5, 0.6) is 0 Å². The van der Waals surface area contributed by atoms with Gasteiger partial charge in [-0.05, 0) is 57.5 Å². The van der Waals surface area contributed by atoms with Gasteiger partial charge in [-0.1, -0.05) is 47.5 Å². The molecule has 1 atom stereocenters. The first kappa shape index (κ1) is 19.3. The van der Waals surface area contributed by atoms with Crippen LogP contribution in [0.2, 0.25) is 10.0 Å². The number of hydrogen-bond acceptors (Lipinski definition) is 2. The molecule has 1 aliphatic rings. The molecule has 1 aliphatic heterocycles. The maximum absolute atomic E-state index is 6.55. The Morgan fingerprint density at radius 2 is 1.73 bits per heavy atom. The maximum Gasteiger partial charge on any atom is 0.149 e. The van der Waals surface area contributed by atoms with Crippen molar-refractivity contribution in [2.75, 3.05) is 5.32 Å². The van der Waals surface area contributed by atoms with E-state index in [0.29, 0.717) is 10.0 Å². The van der Waals surface area contributed by atoms with E-state index < -0.39 is 0 Å². The Morgan fingerprint density at radius 1 is 0.967 bits per heavy atom. The van der Waals surface area contributed by atoms with Crippen LogP contribution in [0.25, 0.3) is 16.9 Å². The molecule has 0 aliphatic carbocycles. The van der Waals surface area contributed by atoms with Crippen LogP contribution in [0.1, 0.15) is 34.4 Å². The highest BCUT2D eigenvalue weighted by Crippen LogP contribution is 2.42. The van der Waals surface area contributed by atoms with E-state index in [9.17, 15) is 0 Å². The smallest absolute Gasteiger partial charge is 0.149 e. The average molecular weight is 437 g/mol. The molecule has 0 fully saturated rings. The third-order valence-electron chi connectivity index (χ3n) is 5.87. The molecule has 30 heavy (non-hydrogen) atoms. The van der Waals surface area contributed by atoms with Crippen LogP contribution >= 0.6 is 23.2 Å². The lowest BCUT2D eigenvalue weighted by atomic mass is 10.0. The van der Waals surface area contributed by atoms with Gasteiger partial charge in [-0.25, -0.2) is 4.68 Å². The zero-order valence-electron chi connectivity index (χ0n) is 17.3. The predicted molar refractivity (Wildman–Crippen MR) is 124 cm³/mol. The fourth-order valence-corrected chi connectivity index (χ4v) is 4.88. The molecule has 2 aromatic carbocycles. The van der Waals surface area contributed by atoms with Crippen molar-refractivity contribution in [1.82, 2.24) is 14.3 Å². The predicted octanol–water partition coefficient (Wildman–Crippen LogP) is 6.85. The first-order valence-corrected chi connectivity index (χ1v) is 10.7. The molecule has 2 aromatic heterocycles. The van der Waals surface area contributed by atoms with Crippen molar-refractivity contribution >= 4 is 28.9 Å². The van der Waals surface area contributed by atoms with E-state index in [4.69, 9.17) is 28.3 Å². The molecular formula is C24H22Cl2N4. The number of fused-ring (bicyclic) bond motifs is 3. The number of benzene rings is 2. The van der Waals surface area contributed by atoms with E-state index in [0.717, 1.165) is 39.7 Å². The fraction of sp³-hybridized carbons (Fsp3) is 0.208. The fourth-order valence-electron chi connectivity index (χ4n) is 4.50. The number of para-hydroxylation sites is 1. The van der Waals surface area contributed by atoms with E-state index in [2.05, 4.69) is 65.7 Å². The van der Waals surface area contributed by atoms with Crippen LogP contribution in [-0.2, 0) is 0 Å². The van der Waals surface area contributed by atoms with Gasteiger partial charge in [0.1, 0.15) is 6.17 Å². The van der Waals surface area contributed by atoms with Gasteiger partial charge < -0.3 is 9.88 Å². The Balaban J connectivity index is 1.71. The number of anilines is 1. The van der Waals surface area contributed by atoms with Crippen molar-refractivity contribution in [3.8, 4) is 16.9 Å². The third-order valence-corrected chi connectivity index (χ3v) is 6.68. The van der Waals surface area contributed by atoms with E-state index >= 15 is 0 Å². The lowest BCUT2D eigenvalue weighted by Crippen LogP contribution is -2.26. The quantitative estimate of drug-likeness (QED) is 0.372. The third kappa shape index (κ3) is 2.78. The highest BCUT2D eigenvalue weighted by atomic mass is 35.5. The largest absolute Gasteiger partial charge is 0.359 e. The summed E-state index contributed by atoms with van der Waals surface area (Å²) in [6, 6.07) is 16.5. The summed E-state index contributed by atoms with van der Waals surface area (Å²) in [5.41, 5.74) is 9.91. The minimum absolute atomic E-state index is 0.111. The molecule has 0 radical (unpaired) electrons. The van der Waals surface area contributed by atoms with Crippen molar-refractivity contribution in [2.45, 2.75) is 33.9 Å².